The minimum absolute atomic E-state index is 0.0297. The molecular weight excluding hydrogens is 393 g/mol. The van der Waals surface area contributed by atoms with Crippen LogP contribution in [-0.2, 0) is 6.42 Å². The molecule has 1 fully saturated rings. The number of hydrogen-bond acceptors (Lipinski definition) is 2. The average molecular weight is 421 g/mol. The monoisotopic (exact) mass is 420 g/mol. The standard InChI is InChI=1S/C24H27F3OS/c1-3-5-14-6-8-15(9-7-14)18-13-17-12-16-10-11-19(29-4-2)21(26)23(16)28-24(17)22(27)20(18)25/h10-11,13-15H,3-9,12H2,1-2H3. The lowest BCUT2D eigenvalue weighted by Gasteiger charge is -2.30. The van der Waals surface area contributed by atoms with Gasteiger partial charge in [0.15, 0.2) is 23.1 Å². The summed E-state index contributed by atoms with van der Waals surface area (Å²) in [5.74, 6) is -0.952. The summed E-state index contributed by atoms with van der Waals surface area (Å²) in [6, 6.07) is 5.33. The predicted molar refractivity (Wildman–Crippen MR) is 112 cm³/mol. The molecule has 0 atom stereocenters. The van der Waals surface area contributed by atoms with E-state index in [2.05, 4.69) is 6.92 Å². The number of thioether (sulfide) groups is 1. The van der Waals surface area contributed by atoms with E-state index in [0.29, 0.717) is 33.9 Å². The summed E-state index contributed by atoms with van der Waals surface area (Å²) in [5.41, 5.74) is 1.75. The van der Waals surface area contributed by atoms with E-state index in [9.17, 15) is 13.2 Å². The van der Waals surface area contributed by atoms with E-state index < -0.39 is 17.5 Å². The van der Waals surface area contributed by atoms with E-state index in [4.69, 9.17) is 4.74 Å². The van der Waals surface area contributed by atoms with Crippen molar-refractivity contribution in [2.75, 3.05) is 5.75 Å². The van der Waals surface area contributed by atoms with Gasteiger partial charge >= 0.3 is 0 Å². The molecule has 4 rings (SSSR count). The van der Waals surface area contributed by atoms with E-state index >= 15 is 0 Å². The van der Waals surface area contributed by atoms with Crippen molar-refractivity contribution in [3.05, 3.63) is 52.3 Å². The van der Waals surface area contributed by atoms with Crippen LogP contribution < -0.4 is 4.74 Å². The number of benzene rings is 2. The molecule has 156 valence electrons. The lowest BCUT2D eigenvalue weighted by molar-refractivity contribution is 0.301. The lowest BCUT2D eigenvalue weighted by Crippen LogP contribution is -2.16. The highest BCUT2D eigenvalue weighted by atomic mass is 32.2. The first-order chi connectivity index (χ1) is 14.0. The number of halogens is 3. The summed E-state index contributed by atoms with van der Waals surface area (Å²) in [5, 5.41) is 0. The molecule has 0 bridgehead atoms. The van der Waals surface area contributed by atoms with E-state index in [0.717, 1.165) is 31.4 Å². The van der Waals surface area contributed by atoms with Gasteiger partial charge in [0.25, 0.3) is 0 Å². The van der Waals surface area contributed by atoms with E-state index in [1.807, 2.05) is 13.0 Å². The van der Waals surface area contributed by atoms with Crippen LogP contribution in [0.2, 0.25) is 0 Å². The molecule has 0 radical (unpaired) electrons. The van der Waals surface area contributed by atoms with Crippen molar-refractivity contribution < 1.29 is 17.9 Å². The van der Waals surface area contributed by atoms with Crippen LogP contribution in [0.25, 0.3) is 0 Å². The van der Waals surface area contributed by atoms with E-state index in [-0.39, 0.29) is 17.4 Å². The fourth-order valence-corrected chi connectivity index (χ4v) is 5.49. The Balaban J connectivity index is 1.63. The van der Waals surface area contributed by atoms with Crippen LogP contribution in [0.1, 0.15) is 75.0 Å². The van der Waals surface area contributed by atoms with Crippen molar-refractivity contribution >= 4 is 11.8 Å². The minimum atomic E-state index is -0.980. The molecule has 0 N–H and O–H groups in total. The normalized spacial score (nSPS) is 20.7. The third kappa shape index (κ3) is 3.90. The Labute approximate surface area is 175 Å². The Morgan fingerprint density at radius 3 is 2.34 bits per heavy atom. The maximum Gasteiger partial charge on any atom is 0.201 e. The van der Waals surface area contributed by atoms with Crippen molar-refractivity contribution in [3.8, 4) is 11.5 Å². The van der Waals surface area contributed by atoms with Crippen LogP contribution in [0, 0.1) is 23.4 Å². The summed E-state index contributed by atoms with van der Waals surface area (Å²) in [7, 11) is 0. The van der Waals surface area contributed by atoms with Gasteiger partial charge in [-0.25, -0.2) is 8.78 Å². The lowest BCUT2D eigenvalue weighted by atomic mass is 9.76. The first kappa shape index (κ1) is 20.6. The molecule has 1 nitrogen and oxygen atoms in total. The number of ether oxygens (including phenoxy) is 1. The smallest absolute Gasteiger partial charge is 0.201 e. The van der Waals surface area contributed by atoms with Crippen molar-refractivity contribution in [1.29, 1.82) is 0 Å². The van der Waals surface area contributed by atoms with Crippen LogP contribution in [-0.4, -0.2) is 5.75 Å². The molecule has 1 heterocycles. The van der Waals surface area contributed by atoms with Crippen molar-refractivity contribution in [2.45, 2.75) is 69.6 Å². The molecule has 2 aromatic carbocycles. The van der Waals surface area contributed by atoms with Crippen LogP contribution in [0.15, 0.2) is 23.1 Å². The summed E-state index contributed by atoms with van der Waals surface area (Å²) >= 11 is 1.37. The summed E-state index contributed by atoms with van der Waals surface area (Å²) < 4.78 is 50.3. The number of fused-ring (bicyclic) bond motifs is 2. The zero-order valence-corrected chi connectivity index (χ0v) is 17.8. The van der Waals surface area contributed by atoms with Gasteiger partial charge in [-0.3, -0.25) is 0 Å². The maximum absolute atomic E-state index is 14.9. The Morgan fingerprint density at radius 1 is 0.931 bits per heavy atom. The van der Waals surface area contributed by atoms with Gasteiger partial charge in [-0.1, -0.05) is 32.8 Å². The quantitative estimate of drug-likeness (QED) is 0.387. The average Bonchev–Trinajstić information content (AvgIpc) is 2.73. The molecule has 0 spiro atoms. The second kappa shape index (κ2) is 8.63. The summed E-state index contributed by atoms with van der Waals surface area (Å²) in [4.78, 5) is 0.469. The topological polar surface area (TPSA) is 9.23 Å². The van der Waals surface area contributed by atoms with Gasteiger partial charge in [-0.05, 0) is 61.0 Å². The molecule has 0 saturated heterocycles. The molecule has 2 aromatic rings. The zero-order valence-electron chi connectivity index (χ0n) is 17.0. The molecule has 2 aliphatic rings. The third-order valence-corrected chi connectivity index (χ3v) is 7.19. The van der Waals surface area contributed by atoms with Crippen LogP contribution in [0.3, 0.4) is 0 Å². The molecule has 0 unspecified atom stereocenters. The second-order valence-corrected chi connectivity index (χ2v) is 9.47. The molecule has 1 saturated carbocycles. The molecule has 0 aromatic heterocycles. The predicted octanol–water partition coefficient (Wildman–Crippen LogP) is 7.99. The largest absolute Gasteiger partial charge is 0.450 e. The van der Waals surface area contributed by atoms with E-state index in [1.54, 1.807) is 12.1 Å². The Bertz CT molecular complexity index is 904. The number of rotatable bonds is 5. The highest BCUT2D eigenvalue weighted by Crippen LogP contribution is 2.46. The first-order valence-corrected chi connectivity index (χ1v) is 11.6. The summed E-state index contributed by atoms with van der Waals surface area (Å²) in [6.07, 6.45) is 6.66. The van der Waals surface area contributed by atoms with Gasteiger partial charge in [0.1, 0.15) is 0 Å². The van der Waals surface area contributed by atoms with Gasteiger partial charge in [0.2, 0.25) is 5.82 Å². The molecule has 1 aliphatic carbocycles. The summed E-state index contributed by atoms with van der Waals surface area (Å²) in [6.45, 7) is 4.13. The van der Waals surface area contributed by atoms with E-state index in [1.165, 1.54) is 24.6 Å². The highest BCUT2D eigenvalue weighted by molar-refractivity contribution is 7.99. The fourth-order valence-electron chi connectivity index (χ4n) is 4.79. The fraction of sp³-hybridized carbons (Fsp3) is 0.500. The Hall–Kier alpha value is -1.62. The van der Waals surface area contributed by atoms with Gasteiger partial charge in [0, 0.05) is 22.4 Å². The first-order valence-electron chi connectivity index (χ1n) is 10.7. The van der Waals surface area contributed by atoms with Crippen LogP contribution in [0.4, 0.5) is 13.2 Å². The minimum Gasteiger partial charge on any atom is -0.450 e. The second-order valence-electron chi connectivity index (χ2n) is 8.17. The van der Waals surface area contributed by atoms with Crippen molar-refractivity contribution in [3.63, 3.8) is 0 Å². The maximum atomic E-state index is 14.9. The van der Waals surface area contributed by atoms with Crippen LogP contribution in [0.5, 0.6) is 11.5 Å². The zero-order chi connectivity index (χ0) is 20.5. The SMILES string of the molecule is CCCC1CCC(c2cc3c(c(F)c2F)Oc2c(ccc(SCC)c2F)C3)CC1. The van der Waals surface area contributed by atoms with Gasteiger partial charge < -0.3 is 4.74 Å². The third-order valence-electron chi connectivity index (χ3n) is 6.28. The Kier molecular flexibility index (Phi) is 6.14. The van der Waals surface area contributed by atoms with Crippen molar-refractivity contribution in [2.24, 2.45) is 5.92 Å². The van der Waals surface area contributed by atoms with Gasteiger partial charge in [0.05, 0.1) is 0 Å². The molecule has 0 amide bonds. The molecule has 29 heavy (non-hydrogen) atoms. The van der Waals surface area contributed by atoms with Gasteiger partial charge in [-0.2, -0.15) is 4.39 Å². The van der Waals surface area contributed by atoms with Gasteiger partial charge in [-0.15, -0.1) is 11.8 Å². The molecular formula is C24H27F3OS. The van der Waals surface area contributed by atoms with Crippen molar-refractivity contribution in [1.82, 2.24) is 0 Å². The Morgan fingerprint density at radius 2 is 1.66 bits per heavy atom. The molecule has 1 aliphatic heterocycles. The van der Waals surface area contributed by atoms with Crippen LogP contribution >= 0.6 is 11.8 Å². The number of hydrogen-bond donors (Lipinski definition) is 0. The highest BCUT2D eigenvalue weighted by Gasteiger charge is 2.31. The molecule has 5 heteroatoms.